The van der Waals surface area contributed by atoms with Crippen molar-refractivity contribution in [2.75, 3.05) is 39.2 Å². The van der Waals surface area contributed by atoms with Crippen LogP contribution in [0.25, 0.3) is 0 Å². The second-order valence-electron chi connectivity index (χ2n) is 8.49. The summed E-state index contributed by atoms with van der Waals surface area (Å²) < 4.78 is 11.1. The number of carbonyl (C=O) groups is 2. The van der Waals surface area contributed by atoms with E-state index in [1.165, 1.54) is 0 Å². The summed E-state index contributed by atoms with van der Waals surface area (Å²) in [4.78, 5) is 27.6. The molecule has 0 saturated carbocycles. The molecule has 6 heteroatoms. The number of aryl methyl sites for hydroxylation is 2. The minimum atomic E-state index is -0.299. The molecule has 1 saturated heterocycles. The van der Waals surface area contributed by atoms with Crippen LogP contribution >= 0.6 is 0 Å². The zero-order valence-electron chi connectivity index (χ0n) is 18.5. The maximum atomic E-state index is 13.3. The van der Waals surface area contributed by atoms with Crippen LogP contribution in [0.5, 0.6) is 5.75 Å². The van der Waals surface area contributed by atoms with Crippen LogP contribution in [0.4, 0.5) is 5.69 Å². The number of amides is 1. The molecule has 0 N–H and O–H groups in total. The molecule has 1 fully saturated rings. The highest BCUT2D eigenvalue weighted by atomic mass is 16.5. The van der Waals surface area contributed by atoms with Crippen molar-refractivity contribution in [1.29, 1.82) is 0 Å². The number of anilines is 1. The Labute approximate surface area is 178 Å². The third-order valence-electron chi connectivity index (χ3n) is 5.77. The summed E-state index contributed by atoms with van der Waals surface area (Å²) >= 11 is 0. The molecule has 3 rings (SSSR count). The van der Waals surface area contributed by atoms with E-state index in [0.29, 0.717) is 13.0 Å². The van der Waals surface area contributed by atoms with Gasteiger partial charge in [-0.15, -0.1) is 0 Å². The normalized spacial score (nSPS) is 16.6. The summed E-state index contributed by atoms with van der Waals surface area (Å²) in [6, 6.07) is 13.2. The monoisotopic (exact) mass is 411 g/mol. The summed E-state index contributed by atoms with van der Waals surface area (Å²) in [5.74, 6) is 0.536. The molecule has 1 heterocycles. The van der Waals surface area contributed by atoms with Crippen molar-refractivity contribution in [2.45, 2.75) is 32.9 Å². The van der Waals surface area contributed by atoms with E-state index in [1.807, 2.05) is 75.3 Å². The Morgan fingerprint density at radius 2 is 1.77 bits per heavy atom. The first-order valence-electron chi connectivity index (χ1n) is 10.2. The molecule has 2 aromatic rings. The fourth-order valence-electron chi connectivity index (χ4n) is 4.22. The number of ether oxygens (including phenoxy) is 2. The van der Waals surface area contributed by atoms with E-state index < -0.39 is 0 Å². The number of hydrogen-bond acceptors (Lipinski definition) is 4. The van der Waals surface area contributed by atoms with Crippen LogP contribution in [-0.2, 0) is 20.9 Å². The molecule has 1 unspecified atom stereocenters. The van der Waals surface area contributed by atoms with E-state index in [4.69, 9.17) is 9.47 Å². The lowest BCUT2D eigenvalue weighted by molar-refractivity contribution is -0.898. The lowest BCUT2D eigenvalue weighted by Gasteiger charge is -2.34. The van der Waals surface area contributed by atoms with Gasteiger partial charge >= 0.3 is 5.97 Å². The second-order valence-corrected chi connectivity index (χ2v) is 8.49. The van der Waals surface area contributed by atoms with E-state index in [9.17, 15) is 9.59 Å². The molecule has 30 heavy (non-hydrogen) atoms. The Hall–Kier alpha value is -2.86. The Morgan fingerprint density at radius 1 is 1.13 bits per heavy atom. The maximum absolute atomic E-state index is 13.3. The molecule has 0 spiro atoms. The van der Waals surface area contributed by atoms with Crippen molar-refractivity contribution in [2.24, 2.45) is 0 Å². The number of methoxy groups -OCH3 is 1. The molecule has 6 nitrogen and oxygen atoms in total. The van der Waals surface area contributed by atoms with Crippen LogP contribution < -0.4 is 9.64 Å². The zero-order chi connectivity index (χ0) is 21.9. The van der Waals surface area contributed by atoms with Crippen LogP contribution in [-0.4, -0.2) is 56.7 Å². The molecule has 0 bridgehead atoms. The van der Waals surface area contributed by atoms with Crippen LogP contribution in [0.1, 0.15) is 23.1 Å². The third-order valence-corrected chi connectivity index (χ3v) is 5.77. The van der Waals surface area contributed by atoms with Gasteiger partial charge in [0.05, 0.1) is 21.2 Å². The summed E-state index contributed by atoms with van der Waals surface area (Å²) in [5.41, 5.74) is 3.90. The predicted molar refractivity (Wildman–Crippen MR) is 116 cm³/mol. The predicted octanol–water partition coefficient (Wildman–Crippen LogP) is 3.24. The number of hydrogen-bond donors (Lipinski definition) is 0. The van der Waals surface area contributed by atoms with E-state index in [1.54, 1.807) is 7.11 Å². The van der Waals surface area contributed by atoms with E-state index in [-0.39, 0.29) is 35.6 Å². The van der Waals surface area contributed by atoms with Gasteiger partial charge in [-0.1, -0.05) is 30.3 Å². The van der Waals surface area contributed by atoms with Gasteiger partial charge < -0.3 is 18.9 Å². The summed E-state index contributed by atoms with van der Waals surface area (Å²) in [6.07, 6.45) is 0.697. The third kappa shape index (κ3) is 4.65. The molecule has 0 aliphatic carbocycles. The van der Waals surface area contributed by atoms with E-state index in [2.05, 4.69) is 0 Å². The summed E-state index contributed by atoms with van der Waals surface area (Å²) in [5, 5.41) is 0. The van der Waals surface area contributed by atoms with Gasteiger partial charge in [0.1, 0.15) is 12.4 Å². The van der Waals surface area contributed by atoms with Crippen LogP contribution in [0.2, 0.25) is 0 Å². The molecule has 1 amide bonds. The van der Waals surface area contributed by atoms with Gasteiger partial charge in [0.2, 0.25) is 0 Å². The van der Waals surface area contributed by atoms with Crippen LogP contribution in [0, 0.1) is 13.8 Å². The lowest BCUT2D eigenvalue weighted by Crippen LogP contribution is -2.55. The Bertz CT molecular complexity index is 901. The van der Waals surface area contributed by atoms with Gasteiger partial charge in [-0.2, -0.15) is 0 Å². The number of rotatable bonds is 7. The second kappa shape index (κ2) is 8.88. The standard InChI is InChI=1S/C24H31N2O4/c1-17-13-20(29-5)14-18(2)23(17)25-12-11-21(24(25)28)26(3,4)15-22(27)30-16-19-9-7-6-8-10-19/h6-10,13-14,21H,11-12,15-16H2,1-5H3/q+1. The van der Waals surface area contributed by atoms with Gasteiger partial charge in [-0.25, -0.2) is 4.79 Å². The van der Waals surface area contributed by atoms with Gasteiger partial charge in [0.25, 0.3) is 5.91 Å². The Kier molecular flexibility index (Phi) is 6.46. The highest BCUT2D eigenvalue weighted by Gasteiger charge is 2.45. The van der Waals surface area contributed by atoms with Crippen LogP contribution in [0.15, 0.2) is 42.5 Å². The zero-order valence-corrected chi connectivity index (χ0v) is 18.5. The SMILES string of the molecule is COc1cc(C)c(N2CCC([N+](C)(C)CC(=O)OCc3ccccc3)C2=O)c(C)c1. The summed E-state index contributed by atoms with van der Waals surface area (Å²) in [7, 11) is 5.48. The average Bonchev–Trinajstić information content (AvgIpc) is 3.08. The summed E-state index contributed by atoms with van der Waals surface area (Å²) in [6.45, 7) is 5.02. The van der Waals surface area contributed by atoms with E-state index >= 15 is 0 Å². The van der Waals surface area contributed by atoms with Crippen molar-refractivity contribution >= 4 is 17.6 Å². The number of nitrogens with zero attached hydrogens (tertiary/aromatic N) is 2. The molecule has 1 aliphatic rings. The fourth-order valence-corrected chi connectivity index (χ4v) is 4.22. The first-order valence-corrected chi connectivity index (χ1v) is 10.2. The first kappa shape index (κ1) is 21.8. The van der Waals surface area contributed by atoms with E-state index in [0.717, 1.165) is 28.1 Å². The number of likely N-dealkylation sites (N-methyl/N-ethyl adjacent to an activating group) is 1. The number of esters is 1. The largest absolute Gasteiger partial charge is 0.497 e. The molecule has 0 radical (unpaired) electrons. The smallest absolute Gasteiger partial charge is 0.362 e. The maximum Gasteiger partial charge on any atom is 0.362 e. The quantitative estimate of drug-likeness (QED) is 0.519. The highest BCUT2D eigenvalue weighted by molar-refractivity contribution is 6.00. The van der Waals surface area contributed by atoms with Crippen molar-refractivity contribution < 1.29 is 23.5 Å². The van der Waals surface area contributed by atoms with Gasteiger partial charge in [-0.3, -0.25) is 4.79 Å². The molecule has 1 atom stereocenters. The number of benzene rings is 2. The molecule has 160 valence electrons. The number of quaternary nitrogens is 1. The van der Waals surface area contributed by atoms with Gasteiger partial charge in [0.15, 0.2) is 12.6 Å². The van der Waals surface area contributed by atoms with Crippen molar-refractivity contribution in [3.8, 4) is 5.75 Å². The highest BCUT2D eigenvalue weighted by Crippen LogP contribution is 2.34. The minimum Gasteiger partial charge on any atom is -0.497 e. The van der Waals surface area contributed by atoms with Crippen LogP contribution in [0.3, 0.4) is 0 Å². The fraction of sp³-hybridized carbons (Fsp3) is 0.417. The average molecular weight is 412 g/mol. The minimum absolute atomic E-state index is 0.0484. The lowest BCUT2D eigenvalue weighted by atomic mass is 10.1. The molecule has 1 aliphatic heterocycles. The molecule has 0 aromatic heterocycles. The van der Waals surface area contributed by atoms with Gasteiger partial charge in [-0.05, 0) is 42.7 Å². The van der Waals surface area contributed by atoms with Gasteiger partial charge in [0, 0.05) is 18.7 Å². The molecular weight excluding hydrogens is 380 g/mol. The number of carbonyl (C=O) groups excluding carboxylic acids is 2. The molecule has 2 aromatic carbocycles. The van der Waals surface area contributed by atoms with Crippen molar-refractivity contribution in [3.05, 3.63) is 59.2 Å². The van der Waals surface area contributed by atoms with Crippen molar-refractivity contribution in [3.63, 3.8) is 0 Å². The topological polar surface area (TPSA) is 55.8 Å². The Morgan fingerprint density at radius 3 is 2.37 bits per heavy atom. The Balaban J connectivity index is 1.67. The molecular formula is C24H31N2O4+. The van der Waals surface area contributed by atoms with Crippen molar-refractivity contribution in [1.82, 2.24) is 0 Å². The first-order chi connectivity index (χ1) is 14.2.